The highest BCUT2D eigenvalue weighted by molar-refractivity contribution is 5.71. The first kappa shape index (κ1) is 24.5. The second-order valence-corrected chi connectivity index (χ2v) is 11.1. The SMILES string of the molecule is CC(=O)OC(OC(C)=O)(OC(C)=O)[C@]12CCCCC1CC[C@]1(O)[C@H]2CC[C@]2(C)CCC[C@]21O. The molecule has 0 aromatic carbocycles. The quantitative estimate of drug-likeness (QED) is 0.478. The Morgan fingerprint density at radius 2 is 1.36 bits per heavy atom. The van der Waals surface area contributed by atoms with Gasteiger partial charge in [-0.1, -0.05) is 19.8 Å². The zero-order valence-electron chi connectivity index (χ0n) is 20.3. The van der Waals surface area contributed by atoms with Gasteiger partial charge in [-0.3, -0.25) is 14.4 Å². The minimum Gasteiger partial charge on any atom is -0.388 e. The molecule has 0 amide bonds. The number of hydrogen-bond donors (Lipinski definition) is 2. The predicted molar refractivity (Wildman–Crippen MR) is 116 cm³/mol. The maximum absolute atomic E-state index is 12.4. The number of rotatable bonds is 4. The van der Waals surface area contributed by atoms with Crippen LogP contribution in [-0.2, 0) is 28.6 Å². The molecule has 4 rings (SSSR count). The van der Waals surface area contributed by atoms with Gasteiger partial charge < -0.3 is 24.4 Å². The summed E-state index contributed by atoms with van der Waals surface area (Å²) in [6, 6.07) is 0. The van der Waals surface area contributed by atoms with Crippen LogP contribution in [-0.4, -0.2) is 45.3 Å². The number of hydrogen-bond acceptors (Lipinski definition) is 8. The van der Waals surface area contributed by atoms with Gasteiger partial charge in [0.05, 0.1) is 16.6 Å². The Bertz CT molecular complexity index is 799. The van der Waals surface area contributed by atoms with Gasteiger partial charge in [0.15, 0.2) is 0 Å². The standard InChI is InChI=1S/C25H38O8/c1-16(26)31-25(32-17(2)27,33-18(3)28)22-12-6-5-8-19(22)9-15-23(29)20(22)10-14-21(4)11-7-13-24(21,23)30/h19-20,29-30H,5-15H2,1-4H3/t19?,20-,21-,22+,23-,24-/m0/s1. The number of esters is 3. The van der Waals surface area contributed by atoms with Crippen LogP contribution >= 0.6 is 0 Å². The third-order valence-corrected chi connectivity index (χ3v) is 9.56. The number of carbonyl (C=O) groups excluding carboxylic acids is 3. The van der Waals surface area contributed by atoms with Crippen molar-refractivity contribution in [3.8, 4) is 0 Å². The predicted octanol–water partition coefficient (Wildman–Crippen LogP) is 3.36. The van der Waals surface area contributed by atoms with Crippen molar-refractivity contribution >= 4 is 17.9 Å². The summed E-state index contributed by atoms with van der Waals surface area (Å²) >= 11 is 0. The molecule has 0 radical (unpaired) electrons. The lowest BCUT2D eigenvalue weighted by molar-refractivity contribution is -0.428. The monoisotopic (exact) mass is 466 g/mol. The zero-order chi connectivity index (χ0) is 24.3. The fraction of sp³-hybridized carbons (Fsp3) is 0.880. The second-order valence-electron chi connectivity index (χ2n) is 11.1. The third-order valence-electron chi connectivity index (χ3n) is 9.56. The van der Waals surface area contributed by atoms with Gasteiger partial charge in [-0.05, 0) is 69.1 Å². The van der Waals surface area contributed by atoms with E-state index in [4.69, 9.17) is 14.2 Å². The molecule has 0 aromatic heterocycles. The highest BCUT2D eigenvalue weighted by atomic mass is 16.9. The van der Waals surface area contributed by atoms with E-state index in [9.17, 15) is 24.6 Å². The van der Waals surface area contributed by atoms with Crippen molar-refractivity contribution in [2.75, 3.05) is 0 Å². The van der Waals surface area contributed by atoms with Gasteiger partial charge in [-0.15, -0.1) is 0 Å². The normalized spacial score (nSPS) is 42.4. The minimum absolute atomic E-state index is 0.107. The zero-order valence-corrected chi connectivity index (χ0v) is 20.3. The number of carbonyl (C=O) groups is 3. The van der Waals surface area contributed by atoms with Crippen LogP contribution in [0.3, 0.4) is 0 Å². The van der Waals surface area contributed by atoms with Crippen molar-refractivity contribution in [1.29, 1.82) is 0 Å². The van der Waals surface area contributed by atoms with E-state index >= 15 is 0 Å². The van der Waals surface area contributed by atoms with Gasteiger partial charge in [0, 0.05) is 26.7 Å². The van der Waals surface area contributed by atoms with Gasteiger partial charge in [0.2, 0.25) is 0 Å². The molecule has 8 nitrogen and oxygen atoms in total. The van der Waals surface area contributed by atoms with Gasteiger partial charge in [-0.2, -0.15) is 0 Å². The molecule has 4 fully saturated rings. The lowest BCUT2D eigenvalue weighted by Crippen LogP contribution is -2.77. The molecule has 0 aliphatic heterocycles. The van der Waals surface area contributed by atoms with E-state index in [1.807, 2.05) is 6.92 Å². The van der Waals surface area contributed by atoms with Crippen LogP contribution in [0, 0.1) is 22.7 Å². The van der Waals surface area contributed by atoms with Crippen molar-refractivity contribution in [3.05, 3.63) is 0 Å². The Balaban J connectivity index is 1.95. The van der Waals surface area contributed by atoms with Gasteiger partial charge in [-0.25, -0.2) is 0 Å². The average molecular weight is 467 g/mol. The highest BCUT2D eigenvalue weighted by Gasteiger charge is 2.79. The fourth-order valence-electron chi connectivity index (χ4n) is 8.42. The van der Waals surface area contributed by atoms with Crippen LogP contribution in [0.1, 0.15) is 98.3 Å². The summed E-state index contributed by atoms with van der Waals surface area (Å²) in [5.41, 5.74) is -4.36. The van der Waals surface area contributed by atoms with E-state index in [0.29, 0.717) is 38.5 Å². The summed E-state index contributed by atoms with van der Waals surface area (Å²) in [5, 5.41) is 24.5. The molecular weight excluding hydrogens is 428 g/mol. The molecule has 0 aromatic rings. The molecule has 1 unspecified atom stereocenters. The maximum atomic E-state index is 12.4. The van der Waals surface area contributed by atoms with E-state index in [0.717, 1.165) is 32.1 Å². The average Bonchev–Trinajstić information content (AvgIpc) is 3.02. The molecule has 0 spiro atoms. The van der Waals surface area contributed by atoms with Gasteiger partial charge in [0.1, 0.15) is 0 Å². The Kier molecular flexibility index (Phi) is 5.88. The Hall–Kier alpha value is -1.67. The topological polar surface area (TPSA) is 119 Å². The van der Waals surface area contributed by atoms with Crippen LogP contribution in [0.2, 0.25) is 0 Å². The first-order valence-corrected chi connectivity index (χ1v) is 12.4. The van der Waals surface area contributed by atoms with Crippen molar-refractivity contribution < 1.29 is 38.8 Å². The van der Waals surface area contributed by atoms with E-state index < -0.39 is 51.8 Å². The van der Waals surface area contributed by atoms with E-state index in [-0.39, 0.29) is 5.92 Å². The van der Waals surface area contributed by atoms with Crippen molar-refractivity contribution in [1.82, 2.24) is 0 Å². The fourth-order valence-corrected chi connectivity index (χ4v) is 8.42. The first-order chi connectivity index (χ1) is 15.4. The van der Waals surface area contributed by atoms with Gasteiger partial charge >= 0.3 is 23.9 Å². The molecule has 0 heterocycles. The smallest absolute Gasteiger partial charge is 0.388 e. The van der Waals surface area contributed by atoms with Crippen molar-refractivity contribution in [2.24, 2.45) is 22.7 Å². The Morgan fingerprint density at radius 3 is 1.94 bits per heavy atom. The third kappa shape index (κ3) is 3.27. The molecule has 186 valence electrons. The lowest BCUT2D eigenvalue weighted by atomic mass is 9.41. The summed E-state index contributed by atoms with van der Waals surface area (Å²) in [4.78, 5) is 37.1. The van der Waals surface area contributed by atoms with Crippen LogP contribution in [0.25, 0.3) is 0 Å². The summed E-state index contributed by atoms with van der Waals surface area (Å²) in [6.45, 7) is 5.61. The first-order valence-electron chi connectivity index (χ1n) is 12.4. The van der Waals surface area contributed by atoms with Crippen LogP contribution < -0.4 is 0 Å². The van der Waals surface area contributed by atoms with Gasteiger partial charge in [0.25, 0.3) is 0 Å². The van der Waals surface area contributed by atoms with Crippen LogP contribution in [0.4, 0.5) is 0 Å². The molecule has 0 saturated heterocycles. The summed E-state index contributed by atoms with van der Waals surface area (Å²) in [5.74, 6) is -5.20. The number of fused-ring (bicyclic) bond motifs is 5. The van der Waals surface area contributed by atoms with E-state index in [1.54, 1.807) is 0 Å². The summed E-state index contributed by atoms with van der Waals surface area (Å²) in [6.07, 6.45) is 7.24. The molecule has 8 heteroatoms. The van der Waals surface area contributed by atoms with Crippen molar-refractivity contribution in [3.63, 3.8) is 0 Å². The Labute approximate surface area is 195 Å². The molecule has 33 heavy (non-hydrogen) atoms. The largest absolute Gasteiger partial charge is 0.430 e. The molecular formula is C25H38O8. The summed E-state index contributed by atoms with van der Waals surface area (Å²) in [7, 11) is 0. The Morgan fingerprint density at radius 1 is 0.758 bits per heavy atom. The second kappa shape index (κ2) is 7.94. The molecule has 6 atom stereocenters. The minimum atomic E-state index is -2.29. The van der Waals surface area contributed by atoms with E-state index in [2.05, 4.69) is 0 Å². The van der Waals surface area contributed by atoms with E-state index in [1.165, 1.54) is 20.8 Å². The molecule has 4 saturated carbocycles. The summed E-state index contributed by atoms with van der Waals surface area (Å²) < 4.78 is 17.1. The molecule has 2 N–H and O–H groups in total. The number of aliphatic hydroxyl groups is 2. The van der Waals surface area contributed by atoms with Crippen LogP contribution in [0.5, 0.6) is 0 Å². The maximum Gasteiger partial charge on any atom is 0.430 e. The number of ether oxygens (including phenoxy) is 3. The highest BCUT2D eigenvalue weighted by Crippen LogP contribution is 2.72. The lowest BCUT2D eigenvalue weighted by Gasteiger charge is -2.68. The van der Waals surface area contributed by atoms with Crippen LogP contribution in [0.15, 0.2) is 0 Å². The molecule has 4 aliphatic carbocycles. The molecule has 4 aliphatic rings. The molecule has 0 bridgehead atoms. The van der Waals surface area contributed by atoms with Crippen molar-refractivity contribution in [2.45, 2.75) is 115 Å².